The molecule has 2 aliphatic rings. The van der Waals surface area contributed by atoms with E-state index >= 15 is 0 Å². The molecule has 2 heterocycles. The smallest absolute Gasteiger partial charge is 0.243 e. The van der Waals surface area contributed by atoms with Crippen LogP contribution in [-0.2, 0) is 36.8 Å². The molecule has 4 rings (SSSR count). The van der Waals surface area contributed by atoms with E-state index in [-0.39, 0.29) is 24.5 Å². The number of aromatic nitrogens is 1. The zero-order chi connectivity index (χ0) is 31.1. The van der Waals surface area contributed by atoms with Gasteiger partial charge in [0.2, 0.25) is 17.7 Å². The van der Waals surface area contributed by atoms with Crippen LogP contribution in [0.5, 0.6) is 5.75 Å². The summed E-state index contributed by atoms with van der Waals surface area (Å²) in [6, 6.07) is 4.52. The van der Waals surface area contributed by atoms with E-state index in [1.54, 1.807) is 39.3 Å². The Bertz CT molecular complexity index is 1350. The molecule has 3 amide bonds. The Kier molecular flexibility index (Phi) is 10.6. The van der Waals surface area contributed by atoms with Crippen molar-refractivity contribution in [2.45, 2.75) is 76.1 Å². The molecule has 0 saturated carbocycles. The number of carbonyl (C=O) groups is 4. The molecule has 43 heavy (non-hydrogen) atoms. The molecular weight excluding hydrogens is 570 g/mol. The van der Waals surface area contributed by atoms with Crippen molar-refractivity contribution in [3.63, 3.8) is 0 Å². The molecular formula is C31H41N5O6S. The summed E-state index contributed by atoms with van der Waals surface area (Å²) in [5.74, 6) is -0.842. The maximum Gasteiger partial charge on any atom is 0.243 e. The highest BCUT2D eigenvalue weighted by Gasteiger charge is 2.50. The molecule has 1 fully saturated rings. The minimum atomic E-state index is -0.995. The Morgan fingerprint density at radius 1 is 1.07 bits per heavy atom. The number of benzene rings is 1. The fraction of sp³-hybridized carbons (Fsp3) is 0.516. The first-order chi connectivity index (χ1) is 20.5. The molecule has 2 aromatic rings. The number of allylic oxidation sites excluding steroid dienone is 1. The van der Waals surface area contributed by atoms with Crippen molar-refractivity contribution in [1.29, 1.82) is 0 Å². The molecule has 0 radical (unpaired) electrons. The number of ketones is 1. The molecule has 1 aromatic heterocycles. The lowest BCUT2D eigenvalue weighted by molar-refractivity contribution is -0.134. The second kappa shape index (κ2) is 14.1. The number of hydrogen-bond acceptors (Lipinski definition) is 9. The van der Waals surface area contributed by atoms with Gasteiger partial charge in [0.15, 0.2) is 10.9 Å². The molecule has 232 valence electrons. The number of epoxide rings is 1. The molecule has 0 bridgehead atoms. The molecule has 0 unspecified atom stereocenters. The van der Waals surface area contributed by atoms with Gasteiger partial charge in [-0.15, -0.1) is 11.3 Å². The van der Waals surface area contributed by atoms with Crippen LogP contribution in [0.25, 0.3) is 0 Å². The van der Waals surface area contributed by atoms with Gasteiger partial charge in [0, 0.05) is 31.6 Å². The maximum absolute atomic E-state index is 13.7. The lowest BCUT2D eigenvalue weighted by Crippen LogP contribution is -2.56. The normalized spacial score (nSPS) is 19.4. The molecule has 11 nitrogen and oxygen atoms in total. The van der Waals surface area contributed by atoms with Crippen LogP contribution in [0.15, 0.2) is 42.1 Å². The summed E-state index contributed by atoms with van der Waals surface area (Å²) in [4.78, 5) is 59.9. The van der Waals surface area contributed by atoms with Gasteiger partial charge < -0.3 is 30.3 Å². The molecule has 12 heteroatoms. The predicted octanol–water partition coefficient (Wildman–Crippen LogP) is 2.34. The van der Waals surface area contributed by atoms with Crippen molar-refractivity contribution in [3.8, 4) is 5.75 Å². The number of carbonyl (C=O) groups excluding carboxylic acids is 4. The van der Waals surface area contributed by atoms with Gasteiger partial charge in [0.1, 0.15) is 23.4 Å². The number of nitrogens with one attached hydrogen (secondary N) is 3. The monoisotopic (exact) mass is 611 g/mol. The highest BCUT2D eigenvalue weighted by atomic mass is 32.1. The summed E-state index contributed by atoms with van der Waals surface area (Å²) in [5.41, 5.74) is 1.02. The van der Waals surface area contributed by atoms with E-state index in [0.29, 0.717) is 18.8 Å². The average Bonchev–Trinajstić information content (AvgIpc) is 3.32. The van der Waals surface area contributed by atoms with Crippen LogP contribution < -0.4 is 25.6 Å². The lowest BCUT2D eigenvalue weighted by atomic mass is 9.94. The van der Waals surface area contributed by atoms with Gasteiger partial charge in [-0.1, -0.05) is 23.8 Å². The van der Waals surface area contributed by atoms with Crippen molar-refractivity contribution in [3.05, 3.63) is 52.6 Å². The van der Waals surface area contributed by atoms with Gasteiger partial charge in [-0.2, -0.15) is 0 Å². The third-order valence-corrected chi connectivity index (χ3v) is 8.76. The van der Waals surface area contributed by atoms with E-state index in [0.717, 1.165) is 40.4 Å². The molecule has 1 aromatic carbocycles. The molecule has 3 N–H and O–H groups in total. The molecule has 1 aliphatic heterocycles. The van der Waals surface area contributed by atoms with Crippen LogP contribution in [0.2, 0.25) is 0 Å². The fourth-order valence-corrected chi connectivity index (χ4v) is 5.72. The van der Waals surface area contributed by atoms with E-state index in [1.807, 2.05) is 31.1 Å². The van der Waals surface area contributed by atoms with Gasteiger partial charge in [-0.3, -0.25) is 19.2 Å². The number of hydrogen-bond donors (Lipinski definition) is 3. The van der Waals surface area contributed by atoms with Crippen LogP contribution in [0.1, 0.15) is 50.0 Å². The van der Waals surface area contributed by atoms with Crippen LogP contribution in [0.4, 0.5) is 5.13 Å². The van der Waals surface area contributed by atoms with Crippen molar-refractivity contribution >= 4 is 40.0 Å². The first-order valence-corrected chi connectivity index (χ1v) is 15.3. The van der Waals surface area contributed by atoms with E-state index < -0.39 is 35.5 Å². The minimum Gasteiger partial charge on any atom is -0.497 e. The third kappa shape index (κ3) is 8.87. The highest BCUT2D eigenvalue weighted by Crippen LogP contribution is 2.31. The van der Waals surface area contributed by atoms with Crippen LogP contribution >= 0.6 is 11.3 Å². The number of rotatable bonds is 15. The van der Waals surface area contributed by atoms with E-state index in [9.17, 15) is 19.2 Å². The Morgan fingerprint density at radius 3 is 2.35 bits per heavy atom. The van der Waals surface area contributed by atoms with Gasteiger partial charge >= 0.3 is 0 Å². The Labute approximate surface area is 256 Å². The van der Waals surface area contributed by atoms with Crippen LogP contribution in [0, 0.1) is 0 Å². The van der Waals surface area contributed by atoms with Crippen LogP contribution in [-0.4, -0.2) is 80.0 Å². The van der Waals surface area contributed by atoms with Crippen molar-refractivity contribution in [2.24, 2.45) is 0 Å². The van der Waals surface area contributed by atoms with Crippen LogP contribution in [0.3, 0.4) is 0 Å². The van der Waals surface area contributed by atoms with Gasteiger partial charge in [-0.25, -0.2) is 4.98 Å². The summed E-state index contributed by atoms with van der Waals surface area (Å²) < 4.78 is 10.6. The van der Waals surface area contributed by atoms with E-state index in [1.165, 1.54) is 11.3 Å². The minimum absolute atomic E-state index is 0.0827. The topological polar surface area (TPSA) is 142 Å². The molecule has 0 spiro atoms. The summed E-state index contributed by atoms with van der Waals surface area (Å²) in [7, 11) is 5.31. The number of amides is 3. The lowest BCUT2D eigenvalue weighted by Gasteiger charge is -2.25. The summed E-state index contributed by atoms with van der Waals surface area (Å²) in [6.45, 7) is 3.61. The third-order valence-electron chi connectivity index (χ3n) is 7.59. The van der Waals surface area contributed by atoms with E-state index in [4.69, 9.17) is 9.47 Å². The predicted molar refractivity (Wildman–Crippen MR) is 164 cm³/mol. The van der Waals surface area contributed by atoms with Crippen molar-refractivity contribution < 1.29 is 28.7 Å². The summed E-state index contributed by atoms with van der Waals surface area (Å²) in [6.07, 6.45) is 7.30. The molecule has 1 aliphatic carbocycles. The largest absolute Gasteiger partial charge is 0.497 e. The standard InChI is InChI=1S/C31H41N5O6S/c1-19(33-26(37)16-23-17-32-30(43-23)36(3)4)28(39)35-25(15-21-10-12-22(41-5)13-11-21)29(40)34-24(14-20-8-6-7-9-20)27(38)31(2)18-42-31/h8,10-13,17,19,24-25H,6-7,9,14-16,18H2,1-5H3,(H,33,37)(H,34,40)(H,35,39)/t19-,24-,25-,31-/m0/s1. The molecule has 4 atom stereocenters. The first-order valence-electron chi connectivity index (χ1n) is 14.5. The van der Waals surface area contributed by atoms with E-state index in [2.05, 4.69) is 27.0 Å². The van der Waals surface area contributed by atoms with Gasteiger partial charge in [-0.05, 0) is 57.2 Å². The zero-order valence-corrected chi connectivity index (χ0v) is 26.2. The Balaban J connectivity index is 1.45. The van der Waals surface area contributed by atoms with Crippen molar-refractivity contribution in [2.75, 3.05) is 32.7 Å². The SMILES string of the molecule is COc1ccc(C[C@H](NC(=O)[C@H](C)NC(=O)Cc2cnc(N(C)C)s2)C(=O)N[C@@H](CC2=CCCC2)C(=O)[C@]2(C)CO2)cc1. The average molecular weight is 612 g/mol. The second-order valence-corrected chi connectivity index (χ2v) is 12.6. The number of ether oxygens (including phenoxy) is 2. The number of methoxy groups -OCH3 is 1. The first kappa shape index (κ1) is 32.2. The number of nitrogens with zero attached hydrogens (tertiary/aromatic N) is 2. The highest BCUT2D eigenvalue weighted by molar-refractivity contribution is 7.15. The van der Waals surface area contributed by atoms with Gasteiger partial charge in [0.05, 0.1) is 26.2 Å². The quantitative estimate of drug-likeness (QED) is 0.206. The fourth-order valence-electron chi connectivity index (χ4n) is 4.89. The van der Waals surface area contributed by atoms with Gasteiger partial charge in [0.25, 0.3) is 0 Å². The second-order valence-electron chi connectivity index (χ2n) is 11.5. The van der Waals surface area contributed by atoms with Crippen molar-refractivity contribution in [1.82, 2.24) is 20.9 Å². The Morgan fingerprint density at radius 2 is 1.77 bits per heavy atom. The summed E-state index contributed by atoms with van der Waals surface area (Å²) in [5, 5.41) is 9.22. The maximum atomic E-state index is 13.7. The zero-order valence-electron chi connectivity index (χ0n) is 25.4. The number of Topliss-reactive ketones (excluding diaryl/α,β-unsaturated/α-hetero) is 1. The Hall–Kier alpha value is -3.77. The molecule has 1 saturated heterocycles. The number of anilines is 1. The summed E-state index contributed by atoms with van der Waals surface area (Å²) >= 11 is 1.40. The number of thiazole rings is 1.